The van der Waals surface area contributed by atoms with Gasteiger partial charge in [-0.3, -0.25) is 4.79 Å². The molecule has 2 nitrogen and oxygen atoms in total. The Labute approximate surface area is 111 Å². The smallest absolute Gasteiger partial charge is 0.235 e. The predicted octanol–water partition coefficient (Wildman–Crippen LogP) is 3.52. The molecule has 0 aliphatic rings. The van der Waals surface area contributed by atoms with Gasteiger partial charge in [0.05, 0.1) is 0 Å². The molecule has 0 radical (unpaired) electrons. The van der Waals surface area contributed by atoms with Crippen molar-refractivity contribution in [3.63, 3.8) is 0 Å². The number of rotatable bonds is 3. The number of halogens is 2. The Bertz CT molecular complexity index is 526. The Morgan fingerprint density at radius 3 is 3.06 bits per heavy atom. The molecule has 0 saturated carbocycles. The van der Waals surface area contributed by atoms with E-state index in [1.807, 2.05) is 12.1 Å². The van der Waals surface area contributed by atoms with E-state index in [4.69, 9.17) is 11.6 Å². The van der Waals surface area contributed by atoms with Crippen LogP contribution in [0, 0.1) is 0 Å². The summed E-state index contributed by atoms with van der Waals surface area (Å²) in [5.41, 5.74) is 1.12. The number of benzene rings is 1. The fourth-order valence-electron chi connectivity index (χ4n) is 1.45. The van der Waals surface area contributed by atoms with Crippen molar-refractivity contribution in [2.24, 2.45) is 0 Å². The average molecular weight is 319 g/mol. The molecule has 2 aromatic rings. The number of alkyl halides is 1. The largest absolute Gasteiger partial charge is 0.351 e. The van der Waals surface area contributed by atoms with Crippen LogP contribution in [0.3, 0.4) is 0 Å². The molecule has 1 aromatic carbocycles. The van der Waals surface area contributed by atoms with Crippen molar-refractivity contribution in [3.8, 4) is 0 Å². The maximum absolute atomic E-state index is 11.1. The molecule has 1 N–H and O–H groups in total. The molecule has 1 aromatic heterocycles. The van der Waals surface area contributed by atoms with Gasteiger partial charge in [0, 0.05) is 15.7 Å². The summed E-state index contributed by atoms with van der Waals surface area (Å²) >= 11 is 10.6. The molecule has 0 saturated heterocycles. The minimum atomic E-state index is -0.143. The lowest BCUT2D eigenvalue weighted by atomic mass is 10.2. The van der Waals surface area contributed by atoms with Gasteiger partial charge in [-0.15, -0.1) is 22.9 Å². The second-order valence-corrected chi connectivity index (χ2v) is 5.29. The van der Waals surface area contributed by atoms with Crippen LogP contribution in [0.25, 0.3) is 10.1 Å². The van der Waals surface area contributed by atoms with Gasteiger partial charge in [0.25, 0.3) is 0 Å². The highest BCUT2D eigenvalue weighted by Crippen LogP contribution is 2.32. The maximum atomic E-state index is 11.1. The van der Waals surface area contributed by atoms with E-state index in [0.717, 1.165) is 10.0 Å². The lowest BCUT2D eigenvalue weighted by molar-refractivity contribution is -0.118. The van der Waals surface area contributed by atoms with Crippen molar-refractivity contribution in [2.45, 2.75) is 6.54 Å². The SMILES string of the molecule is O=C(CCl)NCc1csc2c(Br)cccc12. The van der Waals surface area contributed by atoms with E-state index in [2.05, 4.69) is 32.7 Å². The fraction of sp³-hybridized carbons (Fsp3) is 0.182. The highest BCUT2D eigenvalue weighted by Gasteiger charge is 2.07. The summed E-state index contributed by atoms with van der Waals surface area (Å²) in [5, 5.41) is 6.00. The summed E-state index contributed by atoms with van der Waals surface area (Å²) in [6, 6.07) is 6.06. The number of carbonyl (C=O) groups is 1. The number of nitrogens with one attached hydrogen (secondary N) is 1. The van der Waals surface area contributed by atoms with Crippen molar-refractivity contribution in [3.05, 3.63) is 33.6 Å². The third-order valence-corrected chi connectivity index (χ3v) is 4.47. The minimum absolute atomic E-state index is 0.00572. The van der Waals surface area contributed by atoms with Crippen LogP contribution in [0.2, 0.25) is 0 Å². The summed E-state index contributed by atoms with van der Waals surface area (Å²) in [5.74, 6) is -0.137. The maximum Gasteiger partial charge on any atom is 0.235 e. The first kappa shape index (κ1) is 11.9. The van der Waals surface area contributed by atoms with E-state index in [1.165, 1.54) is 10.1 Å². The van der Waals surface area contributed by atoms with Crippen LogP contribution in [0.1, 0.15) is 5.56 Å². The van der Waals surface area contributed by atoms with Crippen molar-refractivity contribution in [1.82, 2.24) is 5.32 Å². The molecular formula is C11H9BrClNOS. The Hall–Kier alpha value is -0.580. The third-order valence-electron chi connectivity index (χ3n) is 2.23. The van der Waals surface area contributed by atoms with Crippen LogP contribution in [-0.2, 0) is 11.3 Å². The predicted molar refractivity (Wildman–Crippen MR) is 72.1 cm³/mol. The van der Waals surface area contributed by atoms with Crippen LogP contribution in [0.15, 0.2) is 28.1 Å². The summed E-state index contributed by atoms with van der Waals surface area (Å²) in [4.78, 5) is 11.1. The van der Waals surface area contributed by atoms with Crippen LogP contribution in [0.5, 0.6) is 0 Å². The van der Waals surface area contributed by atoms with Crippen LogP contribution >= 0.6 is 38.9 Å². The summed E-state index contributed by atoms with van der Waals surface area (Å²) < 4.78 is 2.29. The van der Waals surface area contributed by atoms with E-state index in [9.17, 15) is 4.79 Å². The zero-order chi connectivity index (χ0) is 11.5. The molecule has 16 heavy (non-hydrogen) atoms. The van der Waals surface area contributed by atoms with E-state index in [-0.39, 0.29) is 11.8 Å². The molecule has 1 amide bonds. The number of hydrogen-bond acceptors (Lipinski definition) is 2. The first-order valence-electron chi connectivity index (χ1n) is 4.69. The average Bonchev–Trinajstić information content (AvgIpc) is 2.70. The molecule has 0 aliphatic heterocycles. The van der Waals surface area contributed by atoms with E-state index in [1.54, 1.807) is 11.3 Å². The highest BCUT2D eigenvalue weighted by molar-refractivity contribution is 9.10. The number of thiophene rings is 1. The quantitative estimate of drug-likeness (QED) is 0.862. The van der Waals surface area contributed by atoms with Crippen molar-refractivity contribution < 1.29 is 4.79 Å². The fourth-order valence-corrected chi connectivity index (χ4v) is 3.17. The molecule has 0 atom stereocenters. The molecule has 84 valence electrons. The molecule has 0 bridgehead atoms. The first-order chi connectivity index (χ1) is 7.72. The number of hydrogen-bond donors (Lipinski definition) is 1. The van der Waals surface area contributed by atoms with E-state index in [0.29, 0.717) is 6.54 Å². The molecule has 0 unspecified atom stereocenters. The van der Waals surface area contributed by atoms with Gasteiger partial charge in [-0.1, -0.05) is 12.1 Å². The normalized spacial score (nSPS) is 10.6. The lowest BCUT2D eigenvalue weighted by Gasteiger charge is -2.01. The van der Waals surface area contributed by atoms with Gasteiger partial charge < -0.3 is 5.32 Å². The summed E-state index contributed by atoms with van der Waals surface area (Å²) in [6.07, 6.45) is 0. The molecule has 0 fully saturated rings. The van der Waals surface area contributed by atoms with Gasteiger partial charge in [-0.2, -0.15) is 0 Å². The van der Waals surface area contributed by atoms with Crippen molar-refractivity contribution in [2.75, 3.05) is 5.88 Å². The highest BCUT2D eigenvalue weighted by atomic mass is 79.9. The molecule has 5 heteroatoms. The summed E-state index contributed by atoms with van der Waals surface area (Å²) in [6.45, 7) is 0.530. The van der Waals surface area contributed by atoms with Gasteiger partial charge in [-0.05, 0) is 38.3 Å². The van der Waals surface area contributed by atoms with Crippen LogP contribution < -0.4 is 5.32 Å². The van der Waals surface area contributed by atoms with E-state index < -0.39 is 0 Å². The number of fused-ring (bicyclic) bond motifs is 1. The van der Waals surface area contributed by atoms with Crippen LogP contribution in [0.4, 0.5) is 0 Å². The number of carbonyl (C=O) groups excluding carboxylic acids is 1. The second kappa shape index (κ2) is 5.17. The lowest BCUT2D eigenvalue weighted by Crippen LogP contribution is -2.23. The van der Waals surface area contributed by atoms with Crippen molar-refractivity contribution in [1.29, 1.82) is 0 Å². The van der Waals surface area contributed by atoms with Crippen LogP contribution in [-0.4, -0.2) is 11.8 Å². The number of amides is 1. The second-order valence-electron chi connectivity index (χ2n) is 3.29. The zero-order valence-corrected chi connectivity index (χ0v) is 11.5. The third kappa shape index (κ3) is 2.39. The van der Waals surface area contributed by atoms with Gasteiger partial charge in [0.2, 0.25) is 5.91 Å². The Balaban J connectivity index is 2.25. The molecule has 2 rings (SSSR count). The molecule has 1 heterocycles. The first-order valence-corrected chi connectivity index (χ1v) is 6.90. The topological polar surface area (TPSA) is 29.1 Å². The standard InChI is InChI=1S/C11H9BrClNOS/c12-9-3-1-2-8-7(6-16-11(8)9)5-14-10(15)4-13/h1-3,6H,4-5H2,(H,14,15). The van der Waals surface area contributed by atoms with Gasteiger partial charge in [0.1, 0.15) is 5.88 Å². The van der Waals surface area contributed by atoms with Gasteiger partial charge >= 0.3 is 0 Å². The molecule has 0 spiro atoms. The van der Waals surface area contributed by atoms with Gasteiger partial charge in [-0.25, -0.2) is 0 Å². The van der Waals surface area contributed by atoms with Gasteiger partial charge in [0.15, 0.2) is 0 Å². The van der Waals surface area contributed by atoms with E-state index >= 15 is 0 Å². The Kier molecular flexibility index (Phi) is 3.84. The van der Waals surface area contributed by atoms with Crippen molar-refractivity contribution >= 4 is 54.9 Å². The minimum Gasteiger partial charge on any atom is -0.351 e. The molecule has 0 aliphatic carbocycles. The Morgan fingerprint density at radius 2 is 2.31 bits per heavy atom. The molecular weight excluding hydrogens is 310 g/mol. The monoisotopic (exact) mass is 317 g/mol. The zero-order valence-electron chi connectivity index (χ0n) is 8.30. The summed E-state index contributed by atoms with van der Waals surface area (Å²) in [7, 11) is 0. The Morgan fingerprint density at radius 1 is 1.50 bits per heavy atom.